The van der Waals surface area contributed by atoms with Crippen LogP contribution in [0.5, 0.6) is 0 Å². The molecule has 0 atom stereocenters. The van der Waals surface area contributed by atoms with Crippen molar-refractivity contribution in [2.24, 2.45) is 0 Å². The Balaban J connectivity index is 1.47. The van der Waals surface area contributed by atoms with Gasteiger partial charge in [0.15, 0.2) is 0 Å². The molecule has 1 aromatic rings. The van der Waals surface area contributed by atoms with Crippen LogP contribution in [0.4, 0.5) is 5.69 Å². The molecule has 2 fully saturated rings. The Kier molecular flexibility index (Phi) is 5.33. The van der Waals surface area contributed by atoms with E-state index >= 15 is 0 Å². The Morgan fingerprint density at radius 1 is 0.818 bits per heavy atom. The molecule has 2 aliphatic rings. The normalized spacial score (nSPS) is 20.7. The zero-order valence-corrected chi connectivity index (χ0v) is 13.4. The van der Waals surface area contributed by atoms with Gasteiger partial charge in [-0.05, 0) is 38.1 Å². The van der Waals surface area contributed by atoms with E-state index < -0.39 is 0 Å². The van der Waals surface area contributed by atoms with Crippen LogP contribution in [0.2, 0.25) is 0 Å². The minimum absolute atomic E-state index is 0.314. The average Bonchev–Trinajstić information content (AvgIpc) is 2.84. The lowest BCUT2D eigenvalue weighted by Gasteiger charge is -2.37. The summed E-state index contributed by atoms with van der Waals surface area (Å²) in [5.74, 6) is 0.314. The molecule has 2 aliphatic heterocycles. The van der Waals surface area contributed by atoms with E-state index in [-0.39, 0.29) is 0 Å². The van der Waals surface area contributed by atoms with E-state index in [1.165, 1.54) is 31.4 Å². The quantitative estimate of drug-likeness (QED) is 0.856. The van der Waals surface area contributed by atoms with E-state index in [0.29, 0.717) is 12.5 Å². The Morgan fingerprint density at radius 3 is 2.09 bits per heavy atom. The van der Waals surface area contributed by atoms with Gasteiger partial charge >= 0.3 is 0 Å². The van der Waals surface area contributed by atoms with Crippen molar-refractivity contribution in [2.45, 2.75) is 25.7 Å². The molecular formula is C18H27N3O. The van der Waals surface area contributed by atoms with Gasteiger partial charge in [-0.2, -0.15) is 0 Å². The molecule has 4 heteroatoms. The van der Waals surface area contributed by atoms with Crippen LogP contribution in [0, 0.1) is 0 Å². The summed E-state index contributed by atoms with van der Waals surface area (Å²) in [5.41, 5.74) is 1.27. The summed E-state index contributed by atoms with van der Waals surface area (Å²) in [6.45, 7) is 6.38. The molecule has 0 saturated carbocycles. The number of anilines is 1. The maximum absolute atomic E-state index is 12.5. The van der Waals surface area contributed by atoms with Gasteiger partial charge in [-0.1, -0.05) is 31.0 Å². The van der Waals surface area contributed by atoms with Gasteiger partial charge < -0.3 is 9.80 Å². The number of rotatable bonds is 3. The molecule has 0 aliphatic carbocycles. The summed E-state index contributed by atoms with van der Waals surface area (Å²) in [6.07, 6.45) is 5.13. The first kappa shape index (κ1) is 15.3. The summed E-state index contributed by atoms with van der Waals surface area (Å²) >= 11 is 0. The second-order valence-corrected chi connectivity index (χ2v) is 6.39. The third-order valence-electron chi connectivity index (χ3n) is 4.81. The number of piperazine rings is 1. The first-order chi connectivity index (χ1) is 10.8. The van der Waals surface area contributed by atoms with Crippen LogP contribution in [-0.2, 0) is 4.79 Å². The van der Waals surface area contributed by atoms with Crippen molar-refractivity contribution in [2.75, 3.05) is 50.7 Å². The van der Waals surface area contributed by atoms with E-state index in [1.807, 2.05) is 11.0 Å². The fourth-order valence-corrected chi connectivity index (χ4v) is 3.44. The number of para-hydroxylation sites is 1. The molecule has 0 N–H and O–H groups in total. The molecule has 22 heavy (non-hydrogen) atoms. The van der Waals surface area contributed by atoms with Crippen LogP contribution >= 0.6 is 0 Å². The van der Waals surface area contributed by atoms with Gasteiger partial charge in [0, 0.05) is 31.9 Å². The molecule has 0 aromatic heterocycles. The predicted molar refractivity (Wildman–Crippen MR) is 90.1 cm³/mol. The van der Waals surface area contributed by atoms with E-state index in [0.717, 1.165) is 39.3 Å². The average molecular weight is 301 g/mol. The number of carbonyl (C=O) groups is 1. The predicted octanol–water partition coefficient (Wildman–Crippen LogP) is 2.21. The van der Waals surface area contributed by atoms with Gasteiger partial charge in [-0.15, -0.1) is 0 Å². The molecule has 2 heterocycles. The minimum atomic E-state index is 0.314. The largest absolute Gasteiger partial charge is 0.368 e. The van der Waals surface area contributed by atoms with Crippen LogP contribution in [0.25, 0.3) is 0 Å². The van der Waals surface area contributed by atoms with E-state index in [2.05, 4.69) is 34.1 Å². The van der Waals surface area contributed by atoms with Crippen molar-refractivity contribution in [3.63, 3.8) is 0 Å². The van der Waals surface area contributed by atoms with Crippen LogP contribution in [0.15, 0.2) is 30.3 Å². The molecular weight excluding hydrogens is 274 g/mol. The maximum atomic E-state index is 12.5. The first-order valence-corrected chi connectivity index (χ1v) is 8.63. The number of amides is 1. The fraction of sp³-hybridized carbons (Fsp3) is 0.611. The van der Waals surface area contributed by atoms with Crippen molar-refractivity contribution >= 4 is 11.6 Å². The van der Waals surface area contributed by atoms with Gasteiger partial charge in [0.1, 0.15) is 0 Å². The van der Waals surface area contributed by atoms with E-state index in [1.54, 1.807) is 0 Å². The summed E-state index contributed by atoms with van der Waals surface area (Å²) in [5, 5.41) is 0. The van der Waals surface area contributed by atoms with Crippen molar-refractivity contribution in [3.05, 3.63) is 30.3 Å². The lowest BCUT2D eigenvalue weighted by atomic mass is 10.2. The Labute approximate surface area is 133 Å². The van der Waals surface area contributed by atoms with Crippen LogP contribution < -0.4 is 4.90 Å². The molecule has 3 rings (SSSR count). The molecule has 4 nitrogen and oxygen atoms in total. The number of nitrogens with zero attached hydrogens (tertiary/aromatic N) is 3. The fourth-order valence-electron chi connectivity index (χ4n) is 3.44. The maximum Gasteiger partial charge on any atom is 0.236 e. The zero-order valence-electron chi connectivity index (χ0n) is 13.4. The lowest BCUT2D eigenvalue weighted by Crippen LogP contribution is -2.51. The van der Waals surface area contributed by atoms with Crippen molar-refractivity contribution < 1.29 is 4.79 Å². The molecule has 120 valence electrons. The second-order valence-electron chi connectivity index (χ2n) is 6.39. The third-order valence-corrected chi connectivity index (χ3v) is 4.81. The Hall–Kier alpha value is -1.55. The van der Waals surface area contributed by atoms with Crippen LogP contribution in [0.3, 0.4) is 0 Å². The number of benzene rings is 1. The van der Waals surface area contributed by atoms with Crippen molar-refractivity contribution in [3.8, 4) is 0 Å². The third kappa shape index (κ3) is 4.01. The number of hydrogen-bond acceptors (Lipinski definition) is 3. The topological polar surface area (TPSA) is 26.8 Å². The lowest BCUT2D eigenvalue weighted by molar-refractivity contribution is -0.132. The molecule has 1 amide bonds. The second kappa shape index (κ2) is 7.63. The van der Waals surface area contributed by atoms with Crippen molar-refractivity contribution in [1.82, 2.24) is 9.80 Å². The van der Waals surface area contributed by atoms with Gasteiger partial charge in [0.25, 0.3) is 0 Å². The highest BCUT2D eigenvalue weighted by molar-refractivity contribution is 5.78. The van der Waals surface area contributed by atoms with Gasteiger partial charge in [0.05, 0.1) is 6.54 Å². The Bertz CT molecular complexity index is 460. The van der Waals surface area contributed by atoms with Gasteiger partial charge in [0.2, 0.25) is 5.91 Å². The SMILES string of the molecule is O=C(CN1CCCCCC1)N1CCN(c2ccccc2)CC1. The molecule has 2 saturated heterocycles. The smallest absolute Gasteiger partial charge is 0.236 e. The van der Waals surface area contributed by atoms with Gasteiger partial charge in [-0.3, -0.25) is 9.69 Å². The number of carbonyl (C=O) groups excluding carboxylic acids is 1. The Morgan fingerprint density at radius 2 is 1.45 bits per heavy atom. The highest BCUT2D eigenvalue weighted by Crippen LogP contribution is 2.16. The summed E-state index contributed by atoms with van der Waals surface area (Å²) in [6, 6.07) is 10.5. The number of hydrogen-bond donors (Lipinski definition) is 0. The molecule has 0 bridgehead atoms. The van der Waals surface area contributed by atoms with Crippen molar-refractivity contribution in [1.29, 1.82) is 0 Å². The highest BCUT2D eigenvalue weighted by atomic mass is 16.2. The van der Waals surface area contributed by atoms with Crippen LogP contribution in [0.1, 0.15) is 25.7 Å². The summed E-state index contributed by atoms with van der Waals surface area (Å²) in [7, 11) is 0. The minimum Gasteiger partial charge on any atom is -0.368 e. The molecule has 0 radical (unpaired) electrons. The molecule has 0 unspecified atom stereocenters. The highest BCUT2D eigenvalue weighted by Gasteiger charge is 2.23. The van der Waals surface area contributed by atoms with Gasteiger partial charge in [-0.25, -0.2) is 0 Å². The summed E-state index contributed by atoms with van der Waals surface area (Å²) in [4.78, 5) is 19.3. The zero-order chi connectivity index (χ0) is 15.2. The first-order valence-electron chi connectivity index (χ1n) is 8.63. The van der Waals surface area contributed by atoms with E-state index in [4.69, 9.17) is 0 Å². The molecule has 0 spiro atoms. The summed E-state index contributed by atoms with van der Waals surface area (Å²) < 4.78 is 0. The number of likely N-dealkylation sites (tertiary alicyclic amines) is 1. The van der Waals surface area contributed by atoms with E-state index in [9.17, 15) is 4.79 Å². The standard InChI is InChI=1S/C18H27N3O/c22-18(16-19-10-6-1-2-7-11-19)21-14-12-20(13-15-21)17-8-4-3-5-9-17/h3-5,8-9H,1-2,6-7,10-16H2. The van der Waals surface area contributed by atoms with Crippen LogP contribution in [-0.4, -0.2) is 61.5 Å². The molecule has 1 aromatic carbocycles. The monoisotopic (exact) mass is 301 g/mol.